The minimum atomic E-state index is -0.174. The van der Waals surface area contributed by atoms with E-state index in [1.807, 2.05) is 72.8 Å². The number of nitrogens with one attached hydrogen (secondary N) is 2. The van der Waals surface area contributed by atoms with Gasteiger partial charge in [-0.15, -0.1) is 0 Å². The molecule has 0 radical (unpaired) electrons. The van der Waals surface area contributed by atoms with Crippen molar-refractivity contribution in [2.45, 2.75) is 18.9 Å². The van der Waals surface area contributed by atoms with Crippen molar-refractivity contribution in [3.05, 3.63) is 102 Å². The molecule has 0 bridgehead atoms. The Bertz CT molecular complexity index is 1330. The van der Waals surface area contributed by atoms with Gasteiger partial charge in [0.05, 0.1) is 0 Å². The number of rotatable bonds is 6. The van der Waals surface area contributed by atoms with Gasteiger partial charge >= 0.3 is 0 Å². The van der Waals surface area contributed by atoms with Gasteiger partial charge in [-0.25, -0.2) is 0 Å². The maximum absolute atomic E-state index is 12.7. The summed E-state index contributed by atoms with van der Waals surface area (Å²) < 4.78 is 0. The van der Waals surface area contributed by atoms with E-state index in [0.717, 1.165) is 39.7 Å². The number of nitrogens with two attached hydrogens (primary N) is 1. The molecule has 1 fully saturated rings. The molecule has 2 amide bonds. The second kappa shape index (κ2) is 8.84. The maximum Gasteiger partial charge on any atom is 0.255 e. The fourth-order valence-electron chi connectivity index (χ4n) is 4.11. The van der Waals surface area contributed by atoms with Crippen molar-refractivity contribution in [1.82, 2.24) is 4.98 Å². The van der Waals surface area contributed by atoms with Crippen LogP contribution in [-0.4, -0.2) is 16.8 Å². The number of nitrogens with zero attached hydrogens (tertiary/aromatic N) is 1. The highest BCUT2D eigenvalue weighted by Gasteiger charge is 2.43. The van der Waals surface area contributed by atoms with Gasteiger partial charge in [-0.2, -0.15) is 0 Å². The van der Waals surface area contributed by atoms with Gasteiger partial charge in [0, 0.05) is 47.2 Å². The molecule has 0 aliphatic heterocycles. The summed E-state index contributed by atoms with van der Waals surface area (Å²) in [7, 11) is 0. The quantitative estimate of drug-likeness (QED) is 0.409. The molecule has 4 aromatic rings. The zero-order valence-electron chi connectivity index (χ0n) is 18.0. The molecule has 6 heteroatoms. The topological polar surface area (TPSA) is 97.1 Å². The van der Waals surface area contributed by atoms with Gasteiger partial charge in [-0.05, 0) is 71.3 Å². The van der Waals surface area contributed by atoms with Gasteiger partial charge < -0.3 is 16.4 Å². The number of carbonyl (C=O) groups excluding carboxylic acids is 2. The van der Waals surface area contributed by atoms with Crippen molar-refractivity contribution >= 4 is 34.0 Å². The van der Waals surface area contributed by atoms with E-state index in [0.29, 0.717) is 12.1 Å². The first kappa shape index (κ1) is 20.8. The van der Waals surface area contributed by atoms with Crippen LogP contribution in [0.4, 0.5) is 11.4 Å². The molecule has 1 aromatic heterocycles. The van der Waals surface area contributed by atoms with E-state index in [1.54, 1.807) is 12.4 Å². The van der Waals surface area contributed by atoms with Crippen LogP contribution in [-0.2, 0) is 11.3 Å². The van der Waals surface area contributed by atoms with Crippen LogP contribution in [0.1, 0.15) is 33.8 Å². The van der Waals surface area contributed by atoms with Crippen molar-refractivity contribution in [2.24, 2.45) is 11.7 Å². The van der Waals surface area contributed by atoms with Gasteiger partial charge in [0.15, 0.2) is 0 Å². The van der Waals surface area contributed by atoms with E-state index in [1.165, 1.54) is 0 Å². The number of amides is 2. The van der Waals surface area contributed by atoms with E-state index in [-0.39, 0.29) is 23.7 Å². The molecule has 1 heterocycles. The molecule has 1 saturated carbocycles. The molecule has 1 aliphatic carbocycles. The lowest BCUT2D eigenvalue weighted by atomic mass is 10.1. The molecule has 4 N–H and O–H groups in total. The van der Waals surface area contributed by atoms with Crippen LogP contribution in [0.5, 0.6) is 0 Å². The summed E-state index contributed by atoms with van der Waals surface area (Å²) in [6.07, 6.45) is 4.35. The number of hydrogen-bond acceptors (Lipinski definition) is 4. The third-order valence-corrected chi connectivity index (χ3v) is 6.06. The van der Waals surface area contributed by atoms with Gasteiger partial charge in [-0.3, -0.25) is 14.6 Å². The molecule has 164 valence electrons. The summed E-state index contributed by atoms with van der Waals surface area (Å²) in [4.78, 5) is 29.4. The summed E-state index contributed by atoms with van der Waals surface area (Å²) in [6.45, 7) is 0.423. The standard InChI is InChI=1S/C27H24N4O2/c28-15-17-2-1-3-22(12-17)30-26(32)19-6-4-18(5-7-19)24-14-25(24)27(33)31-23-9-8-21-16-29-11-10-20(21)13-23/h1-13,16,24-25H,14-15,28H2,(H,30,32)(H,31,33)/t24?,25-/m1/s1. The highest BCUT2D eigenvalue weighted by Crippen LogP contribution is 2.48. The van der Waals surface area contributed by atoms with Crippen molar-refractivity contribution in [3.8, 4) is 0 Å². The number of pyridine rings is 1. The molecule has 0 saturated heterocycles. The molecule has 33 heavy (non-hydrogen) atoms. The Morgan fingerprint density at radius 3 is 2.55 bits per heavy atom. The van der Waals surface area contributed by atoms with Gasteiger partial charge in [0.25, 0.3) is 5.91 Å². The van der Waals surface area contributed by atoms with Crippen molar-refractivity contribution < 1.29 is 9.59 Å². The molecular weight excluding hydrogens is 412 g/mol. The monoisotopic (exact) mass is 436 g/mol. The fourth-order valence-corrected chi connectivity index (χ4v) is 4.11. The number of carbonyl (C=O) groups is 2. The highest BCUT2D eigenvalue weighted by molar-refractivity contribution is 6.04. The lowest BCUT2D eigenvalue weighted by Gasteiger charge is -2.08. The Balaban J connectivity index is 1.20. The number of aromatic nitrogens is 1. The summed E-state index contributed by atoms with van der Waals surface area (Å²) in [5.41, 5.74) is 9.78. The predicted octanol–water partition coefficient (Wildman–Crippen LogP) is 4.69. The second-order valence-electron chi connectivity index (χ2n) is 8.36. The predicted molar refractivity (Wildman–Crippen MR) is 130 cm³/mol. The fraction of sp³-hybridized carbons (Fsp3) is 0.148. The average Bonchev–Trinajstić information content (AvgIpc) is 3.65. The van der Waals surface area contributed by atoms with E-state index in [2.05, 4.69) is 15.6 Å². The van der Waals surface area contributed by atoms with Gasteiger partial charge in [0.1, 0.15) is 0 Å². The summed E-state index contributed by atoms with van der Waals surface area (Å²) in [6, 6.07) is 22.7. The number of anilines is 2. The minimum Gasteiger partial charge on any atom is -0.326 e. The zero-order valence-corrected chi connectivity index (χ0v) is 18.0. The normalized spacial score (nSPS) is 16.9. The van der Waals surface area contributed by atoms with Crippen molar-refractivity contribution in [2.75, 3.05) is 10.6 Å². The Morgan fingerprint density at radius 2 is 1.73 bits per heavy atom. The summed E-state index contributed by atoms with van der Waals surface area (Å²) in [5, 5.41) is 8.01. The second-order valence-corrected chi connectivity index (χ2v) is 8.36. The van der Waals surface area contributed by atoms with Crippen LogP contribution < -0.4 is 16.4 Å². The van der Waals surface area contributed by atoms with Crippen LogP contribution in [0.3, 0.4) is 0 Å². The van der Waals surface area contributed by atoms with Crippen LogP contribution >= 0.6 is 0 Å². The smallest absolute Gasteiger partial charge is 0.255 e. The lowest BCUT2D eigenvalue weighted by Crippen LogP contribution is -2.14. The van der Waals surface area contributed by atoms with Crippen molar-refractivity contribution in [1.29, 1.82) is 0 Å². The zero-order chi connectivity index (χ0) is 22.8. The van der Waals surface area contributed by atoms with Crippen LogP contribution in [0, 0.1) is 5.92 Å². The maximum atomic E-state index is 12.7. The number of benzene rings is 3. The third kappa shape index (κ3) is 4.61. The van der Waals surface area contributed by atoms with Crippen LogP contribution in [0.25, 0.3) is 10.8 Å². The molecule has 0 spiro atoms. The molecule has 5 rings (SSSR count). The van der Waals surface area contributed by atoms with Crippen molar-refractivity contribution in [3.63, 3.8) is 0 Å². The minimum absolute atomic E-state index is 0.0232. The largest absolute Gasteiger partial charge is 0.326 e. The Hall–Kier alpha value is -4.03. The highest BCUT2D eigenvalue weighted by atomic mass is 16.2. The Labute approximate surface area is 191 Å². The molecule has 1 aliphatic rings. The Morgan fingerprint density at radius 1 is 0.909 bits per heavy atom. The van der Waals surface area contributed by atoms with Gasteiger partial charge in [-0.1, -0.05) is 30.3 Å². The first-order valence-corrected chi connectivity index (χ1v) is 11.0. The van der Waals surface area contributed by atoms with E-state index in [4.69, 9.17) is 5.73 Å². The molecule has 1 unspecified atom stereocenters. The third-order valence-electron chi connectivity index (χ3n) is 6.06. The molecule has 3 aromatic carbocycles. The van der Waals surface area contributed by atoms with E-state index >= 15 is 0 Å². The SMILES string of the molecule is NCc1cccc(NC(=O)c2ccc(C3C[C@H]3C(=O)Nc3ccc4cnccc4c3)cc2)c1. The molecule has 2 atom stereocenters. The first-order chi connectivity index (χ1) is 16.1. The average molecular weight is 437 g/mol. The van der Waals surface area contributed by atoms with E-state index < -0.39 is 0 Å². The van der Waals surface area contributed by atoms with Gasteiger partial charge in [0.2, 0.25) is 5.91 Å². The first-order valence-electron chi connectivity index (χ1n) is 11.0. The Kier molecular flexibility index (Phi) is 5.59. The van der Waals surface area contributed by atoms with Crippen LogP contribution in [0.15, 0.2) is 85.2 Å². The number of hydrogen-bond donors (Lipinski definition) is 3. The lowest BCUT2D eigenvalue weighted by molar-refractivity contribution is -0.117. The molecule has 6 nitrogen and oxygen atoms in total. The van der Waals surface area contributed by atoms with Crippen LogP contribution in [0.2, 0.25) is 0 Å². The summed E-state index contributed by atoms with van der Waals surface area (Å²) in [5.74, 6) is -0.0350. The van der Waals surface area contributed by atoms with E-state index in [9.17, 15) is 9.59 Å². The summed E-state index contributed by atoms with van der Waals surface area (Å²) >= 11 is 0. The number of fused-ring (bicyclic) bond motifs is 1. The molecular formula is C27H24N4O2.